The molecule has 1 aromatic heterocycles. The highest BCUT2D eigenvalue weighted by molar-refractivity contribution is 6.56. The maximum atomic E-state index is 13.4. The predicted molar refractivity (Wildman–Crippen MR) is 59.3 cm³/mol. The number of benzene rings is 1. The van der Waals surface area contributed by atoms with Crippen LogP contribution in [0.1, 0.15) is 0 Å². The van der Waals surface area contributed by atoms with E-state index in [-0.39, 0.29) is 5.39 Å². The lowest BCUT2D eigenvalue weighted by Gasteiger charge is -2.22. The molecule has 3 nitrogen and oxygen atoms in total. The average molecular weight is 195 g/mol. The Morgan fingerprint density at radius 1 is 1.33 bits per heavy atom. The third kappa shape index (κ3) is 1.52. The Bertz CT molecular complexity index is 518. The zero-order chi connectivity index (χ0) is 11.2. The lowest BCUT2D eigenvalue weighted by Crippen LogP contribution is -2.36. The molecule has 0 unspecified atom stereocenters. The number of nitrogens with zero attached hydrogens (tertiary/aromatic N) is 2. The highest BCUT2D eigenvalue weighted by Gasteiger charge is 2.20. The molecule has 0 bridgehead atoms. The molecule has 2 aromatic rings. The van der Waals surface area contributed by atoms with Crippen LogP contribution in [0.25, 0.3) is 10.9 Å². The van der Waals surface area contributed by atoms with Crippen molar-refractivity contribution in [1.82, 2.24) is 9.78 Å². The van der Waals surface area contributed by atoms with Gasteiger partial charge in [0, 0.05) is 0 Å². The monoisotopic (exact) mass is 195 g/mol. The molecule has 7 heteroatoms. The second-order valence-corrected chi connectivity index (χ2v) is 3.33. The number of nitrogens with two attached hydrogens (primary N) is 1. The van der Waals surface area contributed by atoms with E-state index in [4.69, 9.17) is 29.3 Å². The Morgan fingerprint density at radius 2 is 2.00 bits per heavy atom. The lowest BCUT2D eigenvalue weighted by molar-refractivity contribution is 0.544. The number of halogens is 1. The summed E-state index contributed by atoms with van der Waals surface area (Å²) in [5.41, 5.74) is 6.28. The molecule has 0 amide bonds. The Kier molecular flexibility index (Phi) is 2.06. The summed E-state index contributed by atoms with van der Waals surface area (Å²) in [4.78, 5) is 0. The summed E-state index contributed by atoms with van der Waals surface area (Å²) in [6.45, 7) is 0. The van der Waals surface area contributed by atoms with Crippen LogP contribution in [0.2, 0.25) is 0 Å². The molecule has 2 N–H and O–H groups in total. The molecular formula is C8H5B3FN3. The van der Waals surface area contributed by atoms with E-state index in [0.717, 1.165) is 4.68 Å². The van der Waals surface area contributed by atoms with Gasteiger partial charge in [-0.1, -0.05) is 6.07 Å². The van der Waals surface area contributed by atoms with E-state index < -0.39 is 11.2 Å². The van der Waals surface area contributed by atoms with E-state index in [1.165, 1.54) is 6.07 Å². The van der Waals surface area contributed by atoms with Gasteiger partial charge in [-0.05, 0) is 17.4 Å². The quantitative estimate of drug-likeness (QED) is 0.506. The van der Waals surface area contributed by atoms with E-state index in [2.05, 4.69) is 5.10 Å². The first-order chi connectivity index (χ1) is 6.91. The third-order valence-corrected chi connectivity index (χ3v) is 2.06. The molecule has 68 valence electrons. The van der Waals surface area contributed by atoms with Crippen molar-refractivity contribution < 1.29 is 4.39 Å². The molecule has 1 aromatic carbocycles. The van der Waals surface area contributed by atoms with Gasteiger partial charge in [-0.2, -0.15) is 4.39 Å². The molecule has 1 heterocycles. The van der Waals surface area contributed by atoms with Gasteiger partial charge in [0.05, 0.1) is 40.1 Å². The number of aromatic nitrogens is 2. The molecule has 0 fully saturated rings. The Balaban J connectivity index is 2.88. The van der Waals surface area contributed by atoms with Crippen LogP contribution in [-0.4, -0.2) is 33.3 Å². The van der Waals surface area contributed by atoms with Crippen molar-refractivity contribution in [1.29, 1.82) is 0 Å². The van der Waals surface area contributed by atoms with E-state index in [1.807, 2.05) is 0 Å². The molecule has 0 aliphatic rings. The van der Waals surface area contributed by atoms with Crippen molar-refractivity contribution in [2.45, 2.75) is 5.24 Å². The van der Waals surface area contributed by atoms with Gasteiger partial charge < -0.3 is 5.73 Å². The minimum absolute atomic E-state index is 0.237. The van der Waals surface area contributed by atoms with Crippen molar-refractivity contribution in [2.24, 2.45) is 0 Å². The van der Waals surface area contributed by atoms with Crippen LogP contribution in [0.4, 0.5) is 10.1 Å². The summed E-state index contributed by atoms with van der Waals surface area (Å²) in [5, 5.41) is 1.97. The molecule has 0 aliphatic carbocycles. The highest BCUT2D eigenvalue weighted by atomic mass is 19.1. The van der Waals surface area contributed by atoms with E-state index >= 15 is 0 Å². The fourth-order valence-corrected chi connectivity index (χ4v) is 1.44. The molecule has 0 saturated carbocycles. The Morgan fingerprint density at radius 3 is 2.60 bits per heavy atom. The summed E-state index contributed by atoms with van der Waals surface area (Å²) in [7, 11) is 16.3. The van der Waals surface area contributed by atoms with Crippen LogP contribution in [0.3, 0.4) is 0 Å². The van der Waals surface area contributed by atoms with E-state index in [1.54, 1.807) is 12.1 Å². The number of fused-ring (bicyclic) bond motifs is 1. The molecule has 2 rings (SSSR count). The summed E-state index contributed by atoms with van der Waals surface area (Å²) < 4.78 is 14.3. The van der Waals surface area contributed by atoms with Gasteiger partial charge in [-0.15, -0.1) is 5.10 Å². The van der Waals surface area contributed by atoms with Gasteiger partial charge in [0.15, 0.2) is 0 Å². The van der Waals surface area contributed by atoms with Gasteiger partial charge >= 0.3 is 0 Å². The van der Waals surface area contributed by atoms with Crippen LogP contribution in [0.15, 0.2) is 18.2 Å². The van der Waals surface area contributed by atoms with Crippen molar-refractivity contribution >= 4 is 40.1 Å². The first-order valence-corrected chi connectivity index (χ1v) is 4.21. The third-order valence-electron chi connectivity index (χ3n) is 2.06. The van der Waals surface area contributed by atoms with E-state index in [0.29, 0.717) is 11.2 Å². The molecule has 0 saturated heterocycles. The fourth-order valence-electron chi connectivity index (χ4n) is 1.44. The second kappa shape index (κ2) is 3.05. The maximum absolute atomic E-state index is 13.4. The van der Waals surface area contributed by atoms with Gasteiger partial charge in [0.25, 0.3) is 0 Å². The van der Waals surface area contributed by atoms with E-state index in [9.17, 15) is 4.39 Å². The van der Waals surface area contributed by atoms with Crippen LogP contribution in [-0.2, 0) is 5.24 Å². The molecule has 15 heavy (non-hydrogen) atoms. The van der Waals surface area contributed by atoms with Crippen molar-refractivity contribution in [3.8, 4) is 0 Å². The number of anilines is 1. The number of para-hydroxylation sites is 1. The minimum atomic E-state index is -1.78. The van der Waals surface area contributed by atoms with Gasteiger partial charge in [-0.25, -0.2) is 0 Å². The number of rotatable bonds is 1. The van der Waals surface area contributed by atoms with Crippen molar-refractivity contribution in [3.63, 3.8) is 0 Å². The summed E-state index contributed by atoms with van der Waals surface area (Å²) in [6, 6.07) is 4.72. The van der Waals surface area contributed by atoms with Crippen LogP contribution >= 0.6 is 0 Å². The zero-order valence-electron chi connectivity index (χ0n) is 7.81. The van der Waals surface area contributed by atoms with Crippen molar-refractivity contribution in [3.05, 3.63) is 24.1 Å². The normalized spacial score (nSPS) is 12.1. The van der Waals surface area contributed by atoms with Gasteiger partial charge in [0.2, 0.25) is 5.95 Å². The summed E-state index contributed by atoms with van der Waals surface area (Å²) in [6.07, 6.45) is 0. The first-order valence-electron chi connectivity index (χ1n) is 4.21. The van der Waals surface area contributed by atoms with Crippen LogP contribution < -0.4 is 5.73 Å². The lowest BCUT2D eigenvalue weighted by atomic mass is 9.49. The Labute approximate surface area is 90.0 Å². The molecule has 0 atom stereocenters. The topological polar surface area (TPSA) is 43.8 Å². The van der Waals surface area contributed by atoms with Gasteiger partial charge in [0.1, 0.15) is 0 Å². The number of nitrogen functional groups attached to an aromatic ring is 1. The van der Waals surface area contributed by atoms with Crippen LogP contribution in [0, 0.1) is 5.95 Å². The van der Waals surface area contributed by atoms with Gasteiger partial charge in [-0.3, -0.25) is 4.68 Å². The fraction of sp³-hybridized carbons (Fsp3) is 0.125. The molecule has 0 aliphatic heterocycles. The van der Waals surface area contributed by atoms with Crippen LogP contribution in [0.5, 0.6) is 0 Å². The highest BCUT2D eigenvalue weighted by Crippen LogP contribution is 2.25. The smallest absolute Gasteiger partial charge is 0.240 e. The number of hydrogen-bond donors (Lipinski definition) is 1. The molecule has 0 spiro atoms. The number of hydrogen-bond acceptors (Lipinski definition) is 2. The second-order valence-electron chi connectivity index (χ2n) is 3.33. The Hall–Kier alpha value is -1.39. The predicted octanol–water partition coefficient (Wildman–Crippen LogP) is -0.169. The zero-order valence-corrected chi connectivity index (χ0v) is 7.81. The average Bonchev–Trinajstić information content (AvgIpc) is 2.45. The minimum Gasteiger partial charge on any atom is -0.397 e. The van der Waals surface area contributed by atoms with Crippen molar-refractivity contribution in [2.75, 3.05) is 5.73 Å². The maximum Gasteiger partial charge on any atom is 0.240 e. The SMILES string of the molecule is [B]C([B])([B])n1nc(F)c2cccc(N)c21. The summed E-state index contributed by atoms with van der Waals surface area (Å²) in [5.74, 6) is -0.706. The first kappa shape index (κ1) is 10.1. The standard InChI is InChI=1S/C8H5B3FN3/c9-8(10,11)15-6-4(7(12)14-15)2-1-3-5(6)13/h1-3H,13H2. The summed E-state index contributed by atoms with van der Waals surface area (Å²) >= 11 is 0. The largest absolute Gasteiger partial charge is 0.397 e. The molecule has 6 radical (unpaired) electrons. The molecular weight excluding hydrogens is 190 g/mol.